The van der Waals surface area contributed by atoms with E-state index in [4.69, 9.17) is 15.7 Å². The number of hydrogen-bond donors (Lipinski definition) is 0. The van der Waals surface area contributed by atoms with Crippen LogP contribution in [0.3, 0.4) is 0 Å². The molecule has 1 aromatic rings. The molecule has 0 aliphatic carbocycles. The molecular weight excluding hydrogens is 214 g/mol. The van der Waals surface area contributed by atoms with Crippen LogP contribution < -0.4 is 0 Å². The van der Waals surface area contributed by atoms with Crippen molar-refractivity contribution in [2.45, 2.75) is 26.0 Å². The highest BCUT2D eigenvalue weighted by molar-refractivity contribution is 6.39. The summed E-state index contributed by atoms with van der Waals surface area (Å²) in [5, 5.41) is -0.782. The molecule has 0 bridgehead atoms. The number of rotatable bonds is 4. The van der Waals surface area contributed by atoms with Gasteiger partial charge in [0.25, 0.3) is 0 Å². The fourth-order valence-electron chi connectivity index (χ4n) is 1.65. The molecule has 0 spiro atoms. The van der Waals surface area contributed by atoms with Crippen LogP contribution >= 0.6 is 0 Å². The number of hydrogen-bond acceptors (Lipinski definition) is 0. The first kappa shape index (κ1) is 14.6. The summed E-state index contributed by atoms with van der Waals surface area (Å²) < 4.78 is 0. The molecule has 0 aliphatic heterocycles. The van der Waals surface area contributed by atoms with Crippen molar-refractivity contribution in [3.8, 4) is 0 Å². The second kappa shape index (κ2) is 6.49. The van der Waals surface area contributed by atoms with Crippen molar-refractivity contribution in [3.63, 3.8) is 0 Å². The molecular formula is C16H18B2. The zero-order valence-corrected chi connectivity index (χ0v) is 11.4. The first-order valence-electron chi connectivity index (χ1n) is 6.13. The zero-order valence-electron chi connectivity index (χ0n) is 11.4. The first-order chi connectivity index (χ1) is 8.49. The molecule has 0 atom stereocenters. The van der Waals surface area contributed by atoms with Crippen LogP contribution in [0.1, 0.15) is 31.9 Å². The van der Waals surface area contributed by atoms with Gasteiger partial charge in [-0.3, -0.25) is 0 Å². The van der Waals surface area contributed by atoms with Gasteiger partial charge in [-0.1, -0.05) is 72.3 Å². The van der Waals surface area contributed by atoms with Crippen molar-refractivity contribution >= 4 is 21.3 Å². The van der Waals surface area contributed by atoms with Crippen molar-refractivity contribution < 1.29 is 0 Å². The molecule has 0 aliphatic rings. The van der Waals surface area contributed by atoms with E-state index in [1.54, 1.807) is 6.92 Å². The summed E-state index contributed by atoms with van der Waals surface area (Å²) in [6, 6.07) is 8.04. The number of allylic oxidation sites excluding steroid dienone is 6. The van der Waals surface area contributed by atoms with Crippen LogP contribution in [0.2, 0.25) is 0 Å². The van der Waals surface area contributed by atoms with Crippen molar-refractivity contribution in [1.82, 2.24) is 0 Å². The second-order valence-electron chi connectivity index (χ2n) is 4.49. The van der Waals surface area contributed by atoms with Crippen molar-refractivity contribution in [2.24, 2.45) is 0 Å². The van der Waals surface area contributed by atoms with Gasteiger partial charge in [-0.15, -0.1) is 0 Å². The SMILES string of the molecule is [B]C([B])(C)c1ccc(C(/C=C\C=C/C)=C\C)cc1. The Labute approximate surface area is 113 Å². The maximum Gasteiger partial charge on any atom is 0.0679 e. The van der Waals surface area contributed by atoms with Crippen LogP contribution in [-0.2, 0) is 5.21 Å². The van der Waals surface area contributed by atoms with Crippen molar-refractivity contribution in [1.29, 1.82) is 0 Å². The summed E-state index contributed by atoms with van der Waals surface area (Å²) >= 11 is 0. The third kappa shape index (κ3) is 4.10. The van der Waals surface area contributed by atoms with Crippen LogP contribution in [0.25, 0.3) is 5.57 Å². The Hall–Kier alpha value is -1.43. The second-order valence-corrected chi connectivity index (χ2v) is 4.49. The highest BCUT2D eigenvalue weighted by Crippen LogP contribution is 2.21. The molecule has 0 saturated carbocycles. The molecule has 0 aromatic heterocycles. The predicted molar refractivity (Wildman–Crippen MR) is 82.9 cm³/mol. The van der Waals surface area contributed by atoms with Gasteiger partial charge in [0.15, 0.2) is 0 Å². The molecule has 0 fully saturated rings. The van der Waals surface area contributed by atoms with Gasteiger partial charge in [-0.05, 0) is 25.0 Å². The highest BCUT2D eigenvalue weighted by atomic mass is 14.1. The first-order valence-corrected chi connectivity index (χ1v) is 6.13. The lowest BCUT2D eigenvalue weighted by molar-refractivity contribution is 0.972. The Balaban J connectivity index is 2.97. The van der Waals surface area contributed by atoms with E-state index in [0.29, 0.717) is 0 Å². The van der Waals surface area contributed by atoms with Gasteiger partial charge in [0.2, 0.25) is 0 Å². The van der Waals surface area contributed by atoms with Crippen molar-refractivity contribution in [2.75, 3.05) is 0 Å². The Morgan fingerprint density at radius 2 is 1.67 bits per heavy atom. The highest BCUT2D eigenvalue weighted by Gasteiger charge is 2.12. The normalized spacial score (nSPS) is 13.6. The van der Waals surface area contributed by atoms with Gasteiger partial charge in [-0.25, -0.2) is 0 Å². The molecule has 0 saturated heterocycles. The average Bonchev–Trinajstić information content (AvgIpc) is 2.34. The van der Waals surface area contributed by atoms with Crippen LogP contribution in [0, 0.1) is 0 Å². The van der Waals surface area contributed by atoms with E-state index in [1.165, 1.54) is 5.57 Å². The maximum absolute atomic E-state index is 5.85. The Bertz CT molecular complexity index is 457. The quantitative estimate of drug-likeness (QED) is 0.547. The third-order valence-corrected chi connectivity index (χ3v) is 2.73. The molecule has 2 heteroatoms. The minimum atomic E-state index is -0.782. The van der Waals surface area contributed by atoms with E-state index >= 15 is 0 Å². The third-order valence-electron chi connectivity index (χ3n) is 2.73. The minimum absolute atomic E-state index is 0.782. The Morgan fingerprint density at radius 3 is 2.11 bits per heavy atom. The van der Waals surface area contributed by atoms with Crippen LogP contribution in [-0.4, -0.2) is 15.7 Å². The molecule has 18 heavy (non-hydrogen) atoms. The van der Waals surface area contributed by atoms with Gasteiger partial charge < -0.3 is 0 Å². The fourth-order valence-corrected chi connectivity index (χ4v) is 1.65. The predicted octanol–water partition coefficient (Wildman–Crippen LogP) is 3.73. The summed E-state index contributed by atoms with van der Waals surface area (Å²) in [6.45, 7) is 5.82. The lowest BCUT2D eigenvalue weighted by atomic mass is 9.52. The summed E-state index contributed by atoms with van der Waals surface area (Å²) in [4.78, 5) is 0. The topological polar surface area (TPSA) is 0 Å². The molecule has 88 valence electrons. The molecule has 1 rings (SSSR count). The monoisotopic (exact) mass is 232 g/mol. The minimum Gasteiger partial charge on any atom is -0.0877 e. The molecule has 0 unspecified atom stereocenters. The standard InChI is InChI=1S/C16H18B2/c1-4-6-7-8-13(5-2)14-9-11-15(12-10-14)16(3,17)18/h4-12H,1-3H3/b6-4-,8-7-,13-5-. The molecule has 0 nitrogen and oxygen atoms in total. The summed E-state index contributed by atoms with van der Waals surface area (Å²) in [5.74, 6) is 0. The average molecular weight is 232 g/mol. The Kier molecular flexibility index (Phi) is 5.27. The van der Waals surface area contributed by atoms with Crippen molar-refractivity contribution in [3.05, 3.63) is 65.8 Å². The molecule has 1 aromatic carbocycles. The summed E-state index contributed by atoms with van der Waals surface area (Å²) in [6.07, 6.45) is 10.2. The van der Waals surface area contributed by atoms with E-state index in [1.807, 2.05) is 56.3 Å². The summed E-state index contributed by atoms with van der Waals surface area (Å²) in [5.41, 5.74) is 3.26. The van der Waals surface area contributed by atoms with E-state index < -0.39 is 5.21 Å². The lowest BCUT2D eigenvalue weighted by Crippen LogP contribution is -2.21. The Morgan fingerprint density at radius 1 is 1.06 bits per heavy atom. The number of benzene rings is 1. The molecule has 4 radical (unpaired) electrons. The van der Waals surface area contributed by atoms with E-state index in [-0.39, 0.29) is 0 Å². The summed E-state index contributed by atoms with van der Waals surface area (Å²) in [7, 11) is 11.7. The smallest absolute Gasteiger partial charge is 0.0679 e. The molecule has 0 amide bonds. The van der Waals surface area contributed by atoms with Crippen LogP contribution in [0.4, 0.5) is 0 Å². The van der Waals surface area contributed by atoms with Gasteiger partial charge in [0, 0.05) is 0 Å². The van der Waals surface area contributed by atoms with Gasteiger partial charge in [0.1, 0.15) is 0 Å². The lowest BCUT2D eigenvalue weighted by Gasteiger charge is -2.20. The largest absolute Gasteiger partial charge is 0.0877 e. The van der Waals surface area contributed by atoms with Gasteiger partial charge in [0.05, 0.1) is 15.7 Å². The van der Waals surface area contributed by atoms with E-state index in [9.17, 15) is 0 Å². The molecule has 0 heterocycles. The fraction of sp³-hybridized carbons (Fsp3) is 0.250. The zero-order chi connectivity index (χ0) is 13.6. The molecule has 0 N–H and O–H groups in total. The van der Waals surface area contributed by atoms with Gasteiger partial charge in [-0.2, -0.15) is 0 Å². The van der Waals surface area contributed by atoms with Crippen LogP contribution in [0.15, 0.2) is 54.6 Å². The van der Waals surface area contributed by atoms with E-state index in [0.717, 1.165) is 11.1 Å². The van der Waals surface area contributed by atoms with E-state index in [2.05, 4.69) is 12.2 Å². The maximum atomic E-state index is 5.85. The van der Waals surface area contributed by atoms with Gasteiger partial charge >= 0.3 is 0 Å². The van der Waals surface area contributed by atoms with Crippen LogP contribution in [0.5, 0.6) is 0 Å².